The van der Waals surface area contributed by atoms with E-state index < -0.39 is 20.7 Å². The monoisotopic (exact) mass is 403 g/mol. The van der Waals surface area contributed by atoms with Gasteiger partial charge in [0.05, 0.1) is 19.1 Å². The van der Waals surface area contributed by atoms with Gasteiger partial charge in [0, 0.05) is 24.7 Å². The summed E-state index contributed by atoms with van der Waals surface area (Å²) in [6.45, 7) is -0.0253. The Morgan fingerprint density at radius 2 is 1.86 bits per heavy atom. The molecule has 3 rings (SSSR count). The lowest BCUT2D eigenvalue weighted by Gasteiger charge is -2.09. The Balaban J connectivity index is 1.68. The summed E-state index contributed by atoms with van der Waals surface area (Å²) >= 11 is 0. The molecule has 0 spiro atoms. The van der Waals surface area contributed by atoms with Crippen molar-refractivity contribution in [3.8, 4) is 17.0 Å². The van der Waals surface area contributed by atoms with Crippen molar-refractivity contribution in [3.05, 3.63) is 77.1 Å². The maximum atomic E-state index is 13.7. The zero-order valence-corrected chi connectivity index (χ0v) is 15.8. The van der Waals surface area contributed by atoms with Crippen molar-refractivity contribution in [1.29, 1.82) is 0 Å². The number of halogens is 1. The third-order valence-electron chi connectivity index (χ3n) is 4.04. The minimum Gasteiger partial charge on any atom is -0.497 e. The van der Waals surface area contributed by atoms with Crippen LogP contribution in [0.25, 0.3) is 11.3 Å². The van der Waals surface area contributed by atoms with Crippen molar-refractivity contribution >= 4 is 10.0 Å². The molecule has 0 saturated heterocycles. The number of rotatable bonds is 7. The summed E-state index contributed by atoms with van der Waals surface area (Å²) in [5.74, 6) is -0.142. The van der Waals surface area contributed by atoms with Gasteiger partial charge in [-0.3, -0.25) is 9.36 Å². The summed E-state index contributed by atoms with van der Waals surface area (Å²) in [5.41, 5.74) is 0.923. The molecule has 9 heteroatoms. The van der Waals surface area contributed by atoms with E-state index in [9.17, 15) is 17.6 Å². The van der Waals surface area contributed by atoms with Gasteiger partial charge in [0.1, 0.15) is 16.5 Å². The van der Waals surface area contributed by atoms with Gasteiger partial charge in [-0.25, -0.2) is 22.5 Å². The van der Waals surface area contributed by atoms with E-state index in [1.165, 1.54) is 35.2 Å². The smallest absolute Gasteiger partial charge is 0.253 e. The van der Waals surface area contributed by atoms with Crippen LogP contribution in [0.2, 0.25) is 0 Å². The molecule has 0 fully saturated rings. The van der Waals surface area contributed by atoms with Gasteiger partial charge in [-0.05, 0) is 36.4 Å². The van der Waals surface area contributed by atoms with Crippen molar-refractivity contribution in [2.45, 2.75) is 11.4 Å². The largest absolute Gasteiger partial charge is 0.497 e. The van der Waals surface area contributed by atoms with Crippen molar-refractivity contribution < 1.29 is 17.5 Å². The number of hydrogen-bond acceptors (Lipinski definition) is 5. The first kappa shape index (κ1) is 19.7. The second kappa shape index (κ2) is 8.32. The highest BCUT2D eigenvalue weighted by Gasteiger charge is 2.17. The minimum absolute atomic E-state index is 0.0579. The summed E-state index contributed by atoms with van der Waals surface area (Å²) in [6, 6.07) is 13.6. The number of nitrogens with one attached hydrogen (secondary N) is 1. The molecule has 0 saturated carbocycles. The lowest BCUT2D eigenvalue weighted by atomic mass is 10.1. The fourth-order valence-electron chi connectivity index (χ4n) is 2.55. The van der Waals surface area contributed by atoms with Gasteiger partial charge in [0.15, 0.2) is 0 Å². The SMILES string of the molecule is COc1ccc(-c2cc(=O)n(CCNS(=O)(=O)c3ccccc3F)cn2)cc1. The predicted molar refractivity (Wildman–Crippen MR) is 102 cm³/mol. The van der Waals surface area contributed by atoms with E-state index in [0.29, 0.717) is 11.4 Å². The third-order valence-corrected chi connectivity index (χ3v) is 5.53. The zero-order chi connectivity index (χ0) is 20.1. The van der Waals surface area contributed by atoms with Gasteiger partial charge in [-0.2, -0.15) is 0 Å². The Morgan fingerprint density at radius 1 is 1.14 bits per heavy atom. The molecule has 28 heavy (non-hydrogen) atoms. The summed E-state index contributed by atoms with van der Waals surface area (Å²) in [5, 5.41) is 0. The second-order valence-electron chi connectivity index (χ2n) is 5.86. The molecule has 0 unspecified atom stereocenters. The van der Waals surface area contributed by atoms with Crippen LogP contribution in [0.3, 0.4) is 0 Å². The normalized spacial score (nSPS) is 11.4. The first-order valence-electron chi connectivity index (χ1n) is 8.36. The van der Waals surface area contributed by atoms with Crippen LogP contribution in [-0.4, -0.2) is 31.6 Å². The maximum absolute atomic E-state index is 13.7. The molecule has 3 aromatic rings. The van der Waals surface area contributed by atoms with Crippen LogP contribution in [-0.2, 0) is 16.6 Å². The molecule has 7 nitrogen and oxygen atoms in total. The van der Waals surface area contributed by atoms with Gasteiger partial charge in [-0.1, -0.05) is 12.1 Å². The van der Waals surface area contributed by atoms with E-state index in [-0.39, 0.29) is 18.6 Å². The molecule has 1 aromatic heterocycles. The molecule has 1 heterocycles. The van der Waals surface area contributed by atoms with Crippen LogP contribution in [0.5, 0.6) is 5.75 Å². The Morgan fingerprint density at radius 3 is 2.50 bits per heavy atom. The van der Waals surface area contributed by atoms with Crippen molar-refractivity contribution in [1.82, 2.24) is 14.3 Å². The number of aromatic nitrogens is 2. The average molecular weight is 403 g/mol. The standard InChI is InChI=1S/C19H18FN3O4S/c1-27-15-8-6-14(7-9-15)17-12-19(24)23(13-21-17)11-10-22-28(25,26)18-5-3-2-4-16(18)20/h2-9,12-13,22H,10-11H2,1H3. The molecule has 1 N–H and O–H groups in total. The van der Waals surface area contributed by atoms with Gasteiger partial charge < -0.3 is 4.74 Å². The topological polar surface area (TPSA) is 90.3 Å². The van der Waals surface area contributed by atoms with Crippen molar-refractivity contribution in [2.75, 3.05) is 13.7 Å². The highest BCUT2D eigenvalue weighted by molar-refractivity contribution is 7.89. The maximum Gasteiger partial charge on any atom is 0.253 e. The molecule has 0 radical (unpaired) electrons. The fourth-order valence-corrected chi connectivity index (χ4v) is 3.65. The summed E-state index contributed by atoms with van der Waals surface area (Å²) in [4.78, 5) is 16.1. The van der Waals surface area contributed by atoms with Gasteiger partial charge in [0.25, 0.3) is 5.56 Å². The van der Waals surface area contributed by atoms with Gasteiger partial charge in [0.2, 0.25) is 10.0 Å². The second-order valence-corrected chi connectivity index (χ2v) is 7.60. The zero-order valence-electron chi connectivity index (χ0n) is 15.0. The van der Waals surface area contributed by atoms with E-state index >= 15 is 0 Å². The van der Waals surface area contributed by atoms with Crippen molar-refractivity contribution in [3.63, 3.8) is 0 Å². The molecule has 146 valence electrons. The fraction of sp³-hybridized carbons (Fsp3) is 0.158. The van der Waals surface area contributed by atoms with Crippen LogP contribution < -0.4 is 15.0 Å². The van der Waals surface area contributed by atoms with E-state index in [0.717, 1.165) is 11.6 Å². The first-order valence-corrected chi connectivity index (χ1v) is 9.84. The summed E-state index contributed by atoms with van der Waals surface area (Å²) in [7, 11) is -2.44. The van der Waals surface area contributed by atoms with Crippen molar-refractivity contribution in [2.24, 2.45) is 0 Å². The van der Waals surface area contributed by atoms with Crippen LogP contribution in [0.15, 0.2) is 70.6 Å². The molecule has 0 aliphatic carbocycles. The average Bonchev–Trinajstić information content (AvgIpc) is 2.69. The van der Waals surface area contributed by atoms with E-state index in [4.69, 9.17) is 4.74 Å². The van der Waals surface area contributed by atoms with E-state index in [1.54, 1.807) is 31.4 Å². The highest BCUT2D eigenvalue weighted by Crippen LogP contribution is 2.19. The first-order chi connectivity index (χ1) is 13.4. The van der Waals surface area contributed by atoms with Crippen LogP contribution >= 0.6 is 0 Å². The number of sulfonamides is 1. The molecule has 0 aliphatic heterocycles. The molecule has 2 aromatic carbocycles. The van der Waals surface area contributed by atoms with Crippen LogP contribution in [0.4, 0.5) is 4.39 Å². The highest BCUT2D eigenvalue weighted by atomic mass is 32.2. The molecule has 0 amide bonds. The summed E-state index contributed by atoms with van der Waals surface area (Å²) in [6.07, 6.45) is 1.35. The Kier molecular flexibility index (Phi) is 5.86. The number of nitrogens with zero attached hydrogens (tertiary/aromatic N) is 2. The Hall–Kier alpha value is -3.04. The third kappa shape index (κ3) is 4.44. The predicted octanol–water partition coefficient (Wildman–Crippen LogP) is 2.04. The quantitative estimate of drug-likeness (QED) is 0.652. The molecule has 0 aliphatic rings. The Labute approximate surface area is 161 Å². The number of methoxy groups -OCH3 is 1. The van der Waals surface area contributed by atoms with Gasteiger partial charge >= 0.3 is 0 Å². The lowest BCUT2D eigenvalue weighted by molar-refractivity contribution is 0.415. The number of hydrogen-bond donors (Lipinski definition) is 1. The molecule has 0 bridgehead atoms. The number of ether oxygens (including phenoxy) is 1. The van der Waals surface area contributed by atoms with Gasteiger partial charge in [-0.15, -0.1) is 0 Å². The van der Waals surface area contributed by atoms with E-state index in [1.807, 2.05) is 0 Å². The Bertz CT molecular complexity index is 1130. The van der Waals surface area contributed by atoms with Crippen LogP contribution in [0.1, 0.15) is 0 Å². The van der Waals surface area contributed by atoms with E-state index in [2.05, 4.69) is 9.71 Å². The minimum atomic E-state index is -4.00. The van der Waals surface area contributed by atoms with Crippen LogP contribution in [0, 0.1) is 5.82 Å². The molecule has 0 atom stereocenters. The summed E-state index contributed by atoms with van der Waals surface area (Å²) < 4.78 is 46.6. The number of benzene rings is 2. The molecular formula is C19H18FN3O4S. The molecular weight excluding hydrogens is 385 g/mol. The lowest BCUT2D eigenvalue weighted by Crippen LogP contribution is -2.31.